The Kier molecular flexibility index (Phi) is 3.82. The summed E-state index contributed by atoms with van der Waals surface area (Å²) >= 11 is 1.80. The fourth-order valence-corrected chi connectivity index (χ4v) is 3.61. The monoisotopic (exact) mass is 317 g/mol. The molecule has 0 N–H and O–H groups in total. The molecule has 0 saturated heterocycles. The zero-order valence-electron chi connectivity index (χ0n) is 12.5. The van der Waals surface area contributed by atoms with Crippen molar-refractivity contribution in [2.24, 2.45) is 0 Å². The van der Waals surface area contributed by atoms with Gasteiger partial charge in [-0.15, -0.1) is 11.8 Å². The van der Waals surface area contributed by atoms with Crippen LogP contribution < -0.4 is 0 Å². The summed E-state index contributed by atoms with van der Waals surface area (Å²) in [6, 6.07) is 22.9. The van der Waals surface area contributed by atoms with E-state index in [0.29, 0.717) is 5.95 Å². The molecule has 0 unspecified atom stereocenters. The summed E-state index contributed by atoms with van der Waals surface area (Å²) in [5.74, 6) is 1.63. The zero-order valence-corrected chi connectivity index (χ0v) is 13.3. The Labute approximate surface area is 139 Å². The summed E-state index contributed by atoms with van der Waals surface area (Å²) in [5.41, 5.74) is 2.44. The van der Waals surface area contributed by atoms with Crippen molar-refractivity contribution < 1.29 is 0 Å². The van der Waals surface area contributed by atoms with E-state index >= 15 is 0 Å². The highest BCUT2D eigenvalue weighted by Gasteiger charge is 2.12. The Morgan fingerprint density at radius 1 is 0.826 bits per heavy atom. The lowest BCUT2D eigenvalue weighted by Gasteiger charge is -2.08. The third kappa shape index (κ3) is 2.85. The topological polar surface area (TPSA) is 30.7 Å². The molecule has 0 spiro atoms. The molecule has 0 amide bonds. The van der Waals surface area contributed by atoms with Crippen LogP contribution in [-0.4, -0.2) is 14.5 Å². The Bertz CT molecular complexity index is 917. The first-order chi connectivity index (χ1) is 11.4. The van der Waals surface area contributed by atoms with E-state index in [1.807, 2.05) is 18.2 Å². The number of rotatable bonds is 4. The molecule has 0 bridgehead atoms. The second-order valence-corrected chi connectivity index (χ2v) is 6.20. The SMILES string of the molecule is c1ccc(CSc2cc3ccccc3n2-c2ncccn2)cc1. The van der Waals surface area contributed by atoms with Gasteiger partial charge in [-0.05, 0) is 23.8 Å². The van der Waals surface area contributed by atoms with Gasteiger partial charge in [0, 0.05) is 23.5 Å². The van der Waals surface area contributed by atoms with Crippen LogP contribution in [0.15, 0.2) is 84.1 Å². The Balaban J connectivity index is 1.76. The van der Waals surface area contributed by atoms with Gasteiger partial charge in [-0.25, -0.2) is 9.97 Å². The minimum absolute atomic E-state index is 0.712. The first-order valence-electron chi connectivity index (χ1n) is 7.46. The number of hydrogen-bond donors (Lipinski definition) is 0. The minimum atomic E-state index is 0.712. The molecule has 4 heteroatoms. The number of aromatic nitrogens is 3. The lowest BCUT2D eigenvalue weighted by molar-refractivity contribution is 0.887. The maximum atomic E-state index is 4.43. The summed E-state index contributed by atoms with van der Waals surface area (Å²) < 4.78 is 2.13. The highest BCUT2D eigenvalue weighted by atomic mass is 32.2. The van der Waals surface area contributed by atoms with Gasteiger partial charge in [0.15, 0.2) is 0 Å². The van der Waals surface area contributed by atoms with Gasteiger partial charge in [0.1, 0.15) is 0 Å². The lowest BCUT2D eigenvalue weighted by atomic mass is 10.2. The Morgan fingerprint density at radius 2 is 1.57 bits per heavy atom. The van der Waals surface area contributed by atoms with Gasteiger partial charge < -0.3 is 0 Å². The molecule has 3 nitrogen and oxygen atoms in total. The molecule has 2 aromatic carbocycles. The Morgan fingerprint density at radius 3 is 2.39 bits per heavy atom. The van der Waals surface area contributed by atoms with E-state index in [9.17, 15) is 0 Å². The molecule has 0 aliphatic carbocycles. The van der Waals surface area contributed by atoms with Crippen molar-refractivity contribution in [3.8, 4) is 5.95 Å². The van der Waals surface area contributed by atoms with Crippen LogP contribution in [0.1, 0.15) is 5.56 Å². The molecule has 0 aliphatic rings. The fraction of sp³-hybridized carbons (Fsp3) is 0.0526. The molecule has 2 heterocycles. The maximum Gasteiger partial charge on any atom is 0.234 e. The predicted octanol–water partition coefficient (Wildman–Crippen LogP) is 4.71. The van der Waals surface area contributed by atoms with Crippen molar-refractivity contribution in [1.82, 2.24) is 14.5 Å². The molecular weight excluding hydrogens is 302 g/mol. The molecule has 23 heavy (non-hydrogen) atoms. The summed E-state index contributed by atoms with van der Waals surface area (Å²) in [4.78, 5) is 8.85. The minimum Gasteiger partial charge on any atom is -0.273 e. The maximum absolute atomic E-state index is 4.43. The van der Waals surface area contributed by atoms with Gasteiger partial charge in [-0.3, -0.25) is 4.57 Å². The van der Waals surface area contributed by atoms with Crippen LogP contribution in [0.25, 0.3) is 16.9 Å². The molecule has 4 rings (SSSR count). The van der Waals surface area contributed by atoms with E-state index in [1.54, 1.807) is 24.2 Å². The number of thioether (sulfide) groups is 1. The molecule has 0 atom stereocenters. The summed E-state index contributed by atoms with van der Waals surface area (Å²) in [6.45, 7) is 0. The van der Waals surface area contributed by atoms with Crippen LogP contribution in [0.2, 0.25) is 0 Å². The van der Waals surface area contributed by atoms with E-state index in [0.717, 1.165) is 16.3 Å². The highest BCUT2D eigenvalue weighted by Crippen LogP contribution is 2.31. The van der Waals surface area contributed by atoms with E-state index < -0.39 is 0 Å². The largest absolute Gasteiger partial charge is 0.273 e. The fourth-order valence-electron chi connectivity index (χ4n) is 2.58. The van der Waals surface area contributed by atoms with Crippen LogP contribution in [0, 0.1) is 0 Å². The quantitative estimate of drug-likeness (QED) is 0.511. The van der Waals surface area contributed by atoms with Crippen LogP contribution in [0.3, 0.4) is 0 Å². The van der Waals surface area contributed by atoms with Crippen molar-refractivity contribution >= 4 is 22.7 Å². The van der Waals surface area contributed by atoms with Crippen molar-refractivity contribution in [1.29, 1.82) is 0 Å². The Hall–Kier alpha value is -2.59. The van der Waals surface area contributed by atoms with E-state index in [1.165, 1.54) is 10.9 Å². The molecule has 112 valence electrons. The average Bonchev–Trinajstić information content (AvgIpc) is 3.00. The van der Waals surface area contributed by atoms with Gasteiger partial charge >= 0.3 is 0 Å². The predicted molar refractivity (Wildman–Crippen MR) is 94.9 cm³/mol. The normalized spacial score (nSPS) is 11.0. The number of benzene rings is 2. The first-order valence-corrected chi connectivity index (χ1v) is 8.45. The van der Waals surface area contributed by atoms with Gasteiger partial charge in [0.05, 0.1) is 10.5 Å². The molecule has 0 fully saturated rings. The van der Waals surface area contributed by atoms with Crippen molar-refractivity contribution in [2.45, 2.75) is 10.8 Å². The second kappa shape index (κ2) is 6.26. The number of fused-ring (bicyclic) bond motifs is 1. The van der Waals surface area contributed by atoms with Crippen molar-refractivity contribution in [2.75, 3.05) is 0 Å². The van der Waals surface area contributed by atoms with Crippen LogP contribution in [0.5, 0.6) is 0 Å². The van der Waals surface area contributed by atoms with Crippen LogP contribution in [-0.2, 0) is 5.75 Å². The van der Waals surface area contributed by atoms with Gasteiger partial charge in [0.2, 0.25) is 5.95 Å². The molecule has 4 aromatic rings. The standard InChI is InChI=1S/C19H15N3S/c1-2-7-15(8-3-1)14-23-18-13-16-9-4-5-10-17(16)22(18)19-20-11-6-12-21-19/h1-13H,14H2. The number of para-hydroxylation sites is 1. The lowest BCUT2D eigenvalue weighted by Crippen LogP contribution is -2.01. The van der Waals surface area contributed by atoms with Crippen LogP contribution >= 0.6 is 11.8 Å². The molecule has 0 aliphatic heterocycles. The highest BCUT2D eigenvalue weighted by molar-refractivity contribution is 7.98. The van der Waals surface area contributed by atoms with E-state index in [4.69, 9.17) is 0 Å². The summed E-state index contributed by atoms with van der Waals surface area (Å²) in [6.07, 6.45) is 3.56. The zero-order chi connectivity index (χ0) is 15.5. The van der Waals surface area contributed by atoms with Crippen LogP contribution in [0.4, 0.5) is 0 Å². The number of hydrogen-bond acceptors (Lipinski definition) is 3. The molecule has 2 aromatic heterocycles. The third-order valence-electron chi connectivity index (χ3n) is 3.66. The van der Waals surface area contributed by atoms with Gasteiger partial charge in [0.25, 0.3) is 0 Å². The average molecular weight is 317 g/mol. The summed E-state index contributed by atoms with van der Waals surface area (Å²) in [5, 5.41) is 2.36. The molecule has 0 saturated carbocycles. The number of nitrogens with zero attached hydrogens (tertiary/aromatic N) is 3. The second-order valence-electron chi connectivity index (χ2n) is 5.20. The van der Waals surface area contributed by atoms with E-state index in [2.05, 4.69) is 63.1 Å². The smallest absolute Gasteiger partial charge is 0.234 e. The van der Waals surface area contributed by atoms with Gasteiger partial charge in [-0.1, -0.05) is 48.5 Å². The molecule has 0 radical (unpaired) electrons. The summed E-state index contributed by atoms with van der Waals surface area (Å²) in [7, 11) is 0. The van der Waals surface area contributed by atoms with Crippen molar-refractivity contribution in [3.05, 3.63) is 84.7 Å². The van der Waals surface area contributed by atoms with E-state index in [-0.39, 0.29) is 0 Å². The van der Waals surface area contributed by atoms with Crippen molar-refractivity contribution in [3.63, 3.8) is 0 Å². The first kappa shape index (κ1) is 14.0. The third-order valence-corrected chi connectivity index (χ3v) is 4.73. The van der Waals surface area contributed by atoms with Gasteiger partial charge in [-0.2, -0.15) is 0 Å². The molecular formula is C19H15N3S.